The van der Waals surface area contributed by atoms with Crippen molar-refractivity contribution in [1.82, 2.24) is 5.32 Å². The summed E-state index contributed by atoms with van der Waals surface area (Å²) in [5, 5.41) is 2.88. The molecule has 27 heavy (non-hydrogen) atoms. The molecule has 0 aromatic heterocycles. The number of amides is 2. The van der Waals surface area contributed by atoms with Gasteiger partial charge in [0, 0.05) is 18.7 Å². The number of ether oxygens (including phenoxy) is 1. The maximum Gasteiger partial charge on any atom is 0.227 e. The molecule has 1 aliphatic rings. The smallest absolute Gasteiger partial charge is 0.227 e. The molecule has 142 valence electrons. The molecular weight excluding hydrogens is 347 g/mol. The predicted molar refractivity (Wildman–Crippen MR) is 101 cm³/mol. The molecule has 0 unspecified atom stereocenters. The van der Waals surface area contributed by atoms with Crippen LogP contribution in [0.15, 0.2) is 42.5 Å². The zero-order chi connectivity index (χ0) is 19.4. The van der Waals surface area contributed by atoms with Crippen LogP contribution in [0.25, 0.3) is 0 Å². The molecule has 0 spiro atoms. The number of hydrogen-bond donors (Lipinski definition) is 1. The average molecular weight is 370 g/mol. The zero-order valence-electron chi connectivity index (χ0n) is 15.5. The van der Waals surface area contributed by atoms with Crippen LogP contribution in [0.1, 0.15) is 36.9 Å². The summed E-state index contributed by atoms with van der Waals surface area (Å²) in [5.74, 6) is -0.290. The summed E-state index contributed by atoms with van der Waals surface area (Å²) in [5.41, 5.74) is 2.39. The first-order valence-electron chi connectivity index (χ1n) is 9.00. The molecule has 1 heterocycles. The number of carbonyl (C=O) groups excluding carboxylic acids is 2. The van der Waals surface area contributed by atoms with Gasteiger partial charge in [0.1, 0.15) is 0 Å². The third-order valence-electron chi connectivity index (χ3n) is 4.74. The summed E-state index contributed by atoms with van der Waals surface area (Å²) in [6, 6.07) is 11.8. The first-order chi connectivity index (χ1) is 13.0. The van der Waals surface area contributed by atoms with Crippen molar-refractivity contribution in [1.29, 1.82) is 0 Å². The van der Waals surface area contributed by atoms with E-state index in [0.717, 1.165) is 24.2 Å². The van der Waals surface area contributed by atoms with Crippen LogP contribution in [0.2, 0.25) is 0 Å². The van der Waals surface area contributed by atoms with Gasteiger partial charge in [0.15, 0.2) is 11.6 Å². The molecule has 0 bridgehead atoms. The number of carbonyl (C=O) groups is 2. The van der Waals surface area contributed by atoms with Gasteiger partial charge in [-0.3, -0.25) is 9.59 Å². The van der Waals surface area contributed by atoms with Gasteiger partial charge in [-0.15, -0.1) is 0 Å². The van der Waals surface area contributed by atoms with Crippen molar-refractivity contribution in [2.45, 2.75) is 32.2 Å². The molecule has 2 aromatic rings. The minimum absolute atomic E-state index is 0.140. The largest absolute Gasteiger partial charge is 0.494 e. The van der Waals surface area contributed by atoms with Gasteiger partial charge in [-0.25, -0.2) is 4.39 Å². The number of anilines is 1. The highest BCUT2D eigenvalue weighted by atomic mass is 19.1. The second kappa shape index (κ2) is 8.20. The zero-order valence-corrected chi connectivity index (χ0v) is 15.5. The number of halogens is 1. The van der Waals surface area contributed by atoms with Crippen molar-refractivity contribution < 1.29 is 18.7 Å². The predicted octanol–water partition coefficient (Wildman–Crippen LogP) is 3.38. The van der Waals surface area contributed by atoms with Crippen LogP contribution in [0.5, 0.6) is 5.75 Å². The van der Waals surface area contributed by atoms with Crippen molar-refractivity contribution >= 4 is 17.5 Å². The molecule has 6 heteroatoms. The molecular formula is C21H23FN2O3. The van der Waals surface area contributed by atoms with Crippen LogP contribution < -0.4 is 15.0 Å². The van der Waals surface area contributed by atoms with E-state index < -0.39 is 5.82 Å². The van der Waals surface area contributed by atoms with Gasteiger partial charge in [-0.2, -0.15) is 0 Å². The summed E-state index contributed by atoms with van der Waals surface area (Å²) < 4.78 is 18.7. The Kier molecular flexibility index (Phi) is 5.74. The van der Waals surface area contributed by atoms with E-state index in [1.165, 1.54) is 13.2 Å². The topological polar surface area (TPSA) is 58.6 Å². The lowest BCUT2D eigenvalue weighted by Crippen LogP contribution is -2.28. The van der Waals surface area contributed by atoms with Crippen LogP contribution in [0.4, 0.5) is 10.1 Å². The van der Waals surface area contributed by atoms with Crippen molar-refractivity contribution in [3.05, 3.63) is 59.4 Å². The van der Waals surface area contributed by atoms with E-state index in [4.69, 9.17) is 4.74 Å². The highest BCUT2D eigenvalue weighted by Gasteiger charge is 2.21. The Balaban J connectivity index is 1.58. The Bertz CT molecular complexity index is 836. The molecule has 5 nitrogen and oxygen atoms in total. The van der Waals surface area contributed by atoms with Crippen molar-refractivity contribution in [3.8, 4) is 5.75 Å². The first-order valence-corrected chi connectivity index (χ1v) is 9.00. The van der Waals surface area contributed by atoms with Gasteiger partial charge in [0.2, 0.25) is 11.8 Å². The average Bonchev–Trinajstić information content (AvgIpc) is 3.08. The molecule has 2 aromatic carbocycles. The van der Waals surface area contributed by atoms with Crippen LogP contribution in [-0.2, 0) is 16.0 Å². The molecule has 2 amide bonds. The molecule has 1 fully saturated rings. The fourth-order valence-corrected chi connectivity index (χ4v) is 3.23. The minimum atomic E-state index is -0.455. The molecule has 1 saturated heterocycles. The lowest BCUT2D eigenvalue weighted by atomic mass is 10.1. The van der Waals surface area contributed by atoms with E-state index in [9.17, 15) is 14.0 Å². The quantitative estimate of drug-likeness (QED) is 0.848. The number of benzene rings is 2. The van der Waals surface area contributed by atoms with E-state index in [2.05, 4.69) is 5.32 Å². The highest BCUT2D eigenvalue weighted by molar-refractivity contribution is 5.95. The number of methoxy groups -OCH3 is 1. The number of rotatable bonds is 6. The maximum absolute atomic E-state index is 13.8. The van der Waals surface area contributed by atoms with Gasteiger partial charge in [-0.05, 0) is 48.7 Å². The number of hydrogen-bond acceptors (Lipinski definition) is 3. The Morgan fingerprint density at radius 2 is 2.00 bits per heavy atom. The Labute approximate surface area is 158 Å². The third kappa shape index (κ3) is 4.45. The van der Waals surface area contributed by atoms with Crippen LogP contribution >= 0.6 is 0 Å². The Morgan fingerprint density at radius 1 is 1.26 bits per heavy atom. The van der Waals surface area contributed by atoms with Gasteiger partial charge in [-0.1, -0.05) is 18.2 Å². The molecule has 1 N–H and O–H groups in total. The molecule has 3 rings (SSSR count). The molecule has 1 aliphatic heterocycles. The Morgan fingerprint density at radius 3 is 2.59 bits per heavy atom. The molecule has 0 radical (unpaired) electrons. The summed E-state index contributed by atoms with van der Waals surface area (Å²) in [6.07, 6.45) is 1.69. The fraction of sp³-hybridized carbons (Fsp3) is 0.333. The second-order valence-electron chi connectivity index (χ2n) is 6.68. The van der Waals surface area contributed by atoms with Crippen molar-refractivity contribution in [2.75, 3.05) is 18.6 Å². The maximum atomic E-state index is 13.8. The number of nitrogens with zero attached hydrogens (tertiary/aromatic N) is 1. The van der Waals surface area contributed by atoms with Crippen LogP contribution in [0, 0.1) is 5.82 Å². The molecule has 1 atom stereocenters. The standard InChI is InChI=1S/C21H23FN2O3/c1-14(16-7-10-19(27-2)18(22)13-16)23-20(25)12-15-5-8-17(9-6-15)24-11-3-4-21(24)26/h5-10,13-14H,3-4,11-12H2,1-2H3,(H,23,25)/t14-/m1/s1. The lowest BCUT2D eigenvalue weighted by molar-refractivity contribution is -0.121. The monoisotopic (exact) mass is 370 g/mol. The van der Waals surface area contributed by atoms with E-state index in [0.29, 0.717) is 12.0 Å². The summed E-state index contributed by atoms with van der Waals surface area (Å²) in [4.78, 5) is 25.9. The van der Waals surface area contributed by atoms with Gasteiger partial charge >= 0.3 is 0 Å². The third-order valence-corrected chi connectivity index (χ3v) is 4.74. The lowest BCUT2D eigenvalue weighted by Gasteiger charge is -2.17. The molecule has 0 saturated carbocycles. The SMILES string of the molecule is COc1ccc([C@@H](C)NC(=O)Cc2ccc(N3CCCC3=O)cc2)cc1F. The first kappa shape index (κ1) is 18.9. The van der Waals surface area contributed by atoms with Crippen molar-refractivity contribution in [3.63, 3.8) is 0 Å². The van der Waals surface area contributed by atoms with Gasteiger partial charge < -0.3 is 15.0 Å². The highest BCUT2D eigenvalue weighted by Crippen LogP contribution is 2.23. The Hall–Kier alpha value is -2.89. The summed E-state index contributed by atoms with van der Waals surface area (Å²) in [6.45, 7) is 2.55. The van der Waals surface area contributed by atoms with Gasteiger partial charge in [0.25, 0.3) is 0 Å². The van der Waals surface area contributed by atoms with E-state index >= 15 is 0 Å². The van der Waals surface area contributed by atoms with E-state index in [1.807, 2.05) is 24.3 Å². The van der Waals surface area contributed by atoms with E-state index in [1.54, 1.807) is 24.0 Å². The summed E-state index contributed by atoms with van der Waals surface area (Å²) >= 11 is 0. The second-order valence-corrected chi connectivity index (χ2v) is 6.68. The van der Waals surface area contributed by atoms with Gasteiger partial charge in [0.05, 0.1) is 19.6 Å². The van der Waals surface area contributed by atoms with Crippen molar-refractivity contribution in [2.24, 2.45) is 0 Å². The van der Waals surface area contributed by atoms with Crippen LogP contribution in [-0.4, -0.2) is 25.5 Å². The summed E-state index contributed by atoms with van der Waals surface area (Å²) in [7, 11) is 1.41. The molecule has 0 aliphatic carbocycles. The van der Waals surface area contributed by atoms with Crippen LogP contribution in [0.3, 0.4) is 0 Å². The van der Waals surface area contributed by atoms with E-state index in [-0.39, 0.29) is 30.0 Å². The fourth-order valence-electron chi connectivity index (χ4n) is 3.23. The normalized spacial score (nSPS) is 14.9. The number of nitrogens with one attached hydrogen (secondary N) is 1. The minimum Gasteiger partial charge on any atom is -0.494 e.